The lowest BCUT2D eigenvalue weighted by Gasteiger charge is -2.17. The fourth-order valence-electron chi connectivity index (χ4n) is 2.60. The molecule has 0 aromatic heterocycles. The molecule has 2 rings (SSSR count). The highest BCUT2D eigenvalue weighted by Gasteiger charge is 2.24. The molecule has 0 radical (unpaired) electrons. The predicted octanol–water partition coefficient (Wildman–Crippen LogP) is 2.31. The fraction of sp³-hybridized carbons (Fsp3) is 0.529. The van der Waals surface area contributed by atoms with Crippen molar-refractivity contribution in [2.75, 3.05) is 14.2 Å². The van der Waals surface area contributed by atoms with Crippen LogP contribution in [0.3, 0.4) is 0 Å². The number of rotatable bonds is 6. The maximum atomic E-state index is 12.2. The van der Waals surface area contributed by atoms with Crippen LogP contribution in [0.25, 0.3) is 0 Å². The van der Waals surface area contributed by atoms with E-state index in [9.17, 15) is 9.59 Å². The van der Waals surface area contributed by atoms with E-state index in [1.54, 1.807) is 25.1 Å². The second kappa shape index (κ2) is 7.85. The van der Waals surface area contributed by atoms with Gasteiger partial charge in [-0.3, -0.25) is 4.79 Å². The van der Waals surface area contributed by atoms with E-state index in [0.29, 0.717) is 11.5 Å². The molecule has 6 nitrogen and oxygen atoms in total. The van der Waals surface area contributed by atoms with Crippen molar-refractivity contribution in [3.8, 4) is 11.5 Å². The molecule has 23 heavy (non-hydrogen) atoms. The van der Waals surface area contributed by atoms with E-state index in [1.165, 1.54) is 14.2 Å². The van der Waals surface area contributed by atoms with Gasteiger partial charge in [0.05, 0.1) is 19.8 Å². The molecule has 1 N–H and O–H groups in total. The van der Waals surface area contributed by atoms with E-state index in [2.05, 4.69) is 5.32 Å². The Morgan fingerprint density at radius 3 is 2.17 bits per heavy atom. The number of hydrogen-bond donors (Lipinski definition) is 1. The number of esters is 1. The summed E-state index contributed by atoms with van der Waals surface area (Å²) in [4.78, 5) is 24.3. The van der Waals surface area contributed by atoms with Gasteiger partial charge in [0.15, 0.2) is 6.10 Å². The van der Waals surface area contributed by atoms with Gasteiger partial charge in [0, 0.05) is 12.1 Å². The van der Waals surface area contributed by atoms with Gasteiger partial charge >= 0.3 is 5.97 Å². The molecule has 0 saturated heterocycles. The number of carbonyl (C=O) groups is 2. The molecule has 1 atom stereocenters. The molecule has 0 bridgehead atoms. The van der Waals surface area contributed by atoms with E-state index in [1.807, 2.05) is 0 Å². The fourth-order valence-corrected chi connectivity index (χ4v) is 2.60. The van der Waals surface area contributed by atoms with E-state index in [-0.39, 0.29) is 17.5 Å². The zero-order chi connectivity index (χ0) is 16.8. The summed E-state index contributed by atoms with van der Waals surface area (Å²) in [5, 5.41) is 2.92. The summed E-state index contributed by atoms with van der Waals surface area (Å²) in [5.74, 6) is 0.120. The van der Waals surface area contributed by atoms with Crippen LogP contribution in [0.2, 0.25) is 0 Å². The van der Waals surface area contributed by atoms with Gasteiger partial charge in [-0.15, -0.1) is 0 Å². The largest absolute Gasteiger partial charge is 0.497 e. The van der Waals surface area contributed by atoms with Crippen LogP contribution in [0.4, 0.5) is 0 Å². The predicted molar refractivity (Wildman–Crippen MR) is 84.8 cm³/mol. The molecule has 0 unspecified atom stereocenters. The lowest BCUT2D eigenvalue weighted by Crippen LogP contribution is -2.40. The minimum atomic E-state index is -0.847. The van der Waals surface area contributed by atoms with Crippen molar-refractivity contribution in [1.82, 2.24) is 5.32 Å². The molecule has 1 saturated carbocycles. The topological polar surface area (TPSA) is 73.9 Å². The van der Waals surface area contributed by atoms with Gasteiger partial charge in [0.25, 0.3) is 5.91 Å². The Labute approximate surface area is 136 Å². The van der Waals surface area contributed by atoms with Crippen LogP contribution in [0.15, 0.2) is 18.2 Å². The van der Waals surface area contributed by atoms with Crippen LogP contribution in [0.5, 0.6) is 11.5 Å². The number of amides is 1. The second-order valence-electron chi connectivity index (χ2n) is 5.64. The Kier molecular flexibility index (Phi) is 5.84. The summed E-state index contributed by atoms with van der Waals surface area (Å²) >= 11 is 0. The first-order chi connectivity index (χ1) is 11.0. The molecule has 6 heteroatoms. The third kappa shape index (κ3) is 4.61. The van der Waals surface area contributed by atoms with Gasteiger partial charge in [-0.1, -0.05) is 12.8 Å². The van der Waals surface area contributed by atoms with Crippen LogP contribution in [0, 0.1) is 0 Å². The maximum absolute atomic E-state index is 12.2. The number of hydrogen-bond acceptors (Lipinski definition) is 5. The quantitative estimate of drug-likeness (QED) is 0.814. The van der Waals surface area contributed by atoms with Crippen molar-refractivity contribution in [3.05, 3.63) is 23.8 Å². The molecular weight excluding hydrogens is 298 g/mol. The Morgan fingerprint density at radius 2 is 1.65 bits per heavy atom. The zero-order valence-electron chi connectivity index (χ0n) is 13.8. The second-order valence-corrected chi connectivity index (χ2v) is 5.64. The highest BCUT2D eigenvalue weighted by Crippen LogP contribution is 2.23. The summed E-state index contributed by atoms with van der Waals surface area (Å²) in [6, 6.07) is 4.95. The van der Waals surface area contributed by atoms with Crippen molar-refractivity contribution in [2.24, 2.45) is 0 Å². The zero-order valence-corrected chi connectivity index (χ0v) is 13.8. The minimum Gasteiger partial charge on any atom is -0.497 e. The number of nitrogens with one attached hydrogen (secondary N) is 1. The summed E-state index contributed by atoms with van der Waals surface area (Å²) in [6.45, 7) is 1.57. The summed E-state index contributed by atoms with van der Waals surface area (Å²) in [6.07, 6.45) is 3.38. The third-order valence-electron chi connectivity index (χ3n) is 3.94. The Balaban J connectivity index is 1.98. The first-order valence-corrected chi connectivity index (χ1v) is 7.78. The van der Waals surface area contributed by atoms with Gasteiger partial charge in [0.1, 0.15) is 11.5 Å². The summed E-state index contributed by atoms with van der Waals surface area (Å²) in [5.41, 5.74) is 0.279. The van der Waals surface area contributed by atoms with Crippen LogP contribution < -0.4 is 14.8 Å². The van der Waals surface area contributed by atoms with Crippen LogP contribution >= 0.6 is 0 Å². The molecule has 0 heterocycles. The normalized spacial score (nSPS) is 15.8. The smallest absolute Gasteiger partial charge is 0.339 e. The van der Waals surface area contributed by atoms with E-state index in [4.69, 9.17) is 14.2 Å². The maximum Gasteiger partial charge on any atom is 0.339 e. The molecule has 1 aliphatic rings. The minimum absolute atomic E-state index is 0.195. The molecule has 1 aliphatic carbocycles. The van der Waals surface area contributed by atoms with Crippen molar-refractivity contribution < 1.29 is 23.8 Å². The highest BCUT2D eigenvalue weighted by molar-refractivity contribution is 5.93. The first kappa shape index (κ1) is 17.1. The van der Waals surface area contributed by atoms with E-state index < -0.39 is 12.1 Å². The lowest BCUT2D eigenvalue weighted by atomic mass is 10.2. The van der Waals surface area contributed by atoms with Crippen molar-refractivity contribution >= 4 is 11.9 Å². The summed E-state index contributed by atoms with van der Waals surface area (Å²) in [7, 11) is 3.00. The van der Waals surface area contributed by atoms with Gasteiger partial charge in [-0.25, -0.2) is 4.79 Å². The molecule has 1 aromatic rings. The number of ether oxygens (including phenoxy) is 3. The third-order valence-corrected chi connectivity index (χ3v) is 3.94. The van der Waals surface area contributed by atoms with E-state index >= 15 is 0 Å². The first-order valence-electron chi connectivity index (χ1n) is 7.78. The number of methoxy groups -OCH3 is 2. The van der Waals surface area contributed by atoms with Crippen LogP contribution in [0.1, 0.15) is 43.0 Å². The molecule has 126 valence electrons. The van der Waals surface area contributed by atoms with Gasteiger partial charge < -0.3 is 19.5 Å². The van der Waals surface area contributed by atoms with Crippen molar-refractivity contribution in [2.45, 2.75) is 44.8 Å². The average molecular weight is 321 g/mol. The number of carbonyl (C=O) groups excluding carboxylic acids is 2. The highest BCUT2D eigenvalue weighted by atomic mass is 16.5. The standard InChI is InChI=1S/C17H23NO5/c1-11(16(19)18-13-6-4-5-7-13)23-17(20)12-8-14(21-2)10-15(9-12)22-3/h8-11,13H,4-7H2,1-3H3,(H,18,19)/t11-/m1/s1. The van der Waals surface area contributed by atoms with Gasteiger partial charge in [-0.2, -0.15) is 0 Å². The van der Waals surface area contributed by atoms with Crippen LogP contribution in [-0.2, 0) is 9.53 Å². The van der Waals surface area contributed by atoms with E-state index in [0.717, 1.165) is 25.7 Å². The summed E-state index contributed by atoms with van der Waals surface area (Å²) < 4.78 is 15.5. The Morgan fingerprint density at radius 1 is 1.09 bits per heavy atom. The van der Waals surface area contributed by atoms with Crippen molar-refractivity contribution in [1.29, 1.82) is 0 Å². The molecular formula is C17H23NO5. The van der Waals surface area contributed by atoms with Crippen molar-refractivity contribution in [3.63, 3.8) is 0 Å². The van der Waals surface area contributed by atoms with Gasteiger partial charge in [-0.05, 0) is 31.9 Å². The lowest BCUT2D eigenvalue weighted by molar-refractivity contribution is -0.129. The van der Waals surface area contributed by atoms with Gasteiger partial charge in [0.2, 0.25) is 0 Å². The SMILES string of the molecule is COc1cc(OC)cc(C(=O)O[C@H](C)C(=O)NC2CCCC2)c1. The molecule has 0 spiro atoms. The molecule has 1 fully saturated rings. The molecule has 0 aliphatic heterocycles. The Hall–Kier alpha value is -2.24. The average Bonchev–Trinajstić information content (AvgIpc) is 3.06. The monoisotopic (exact) mass is 321 g/mol. The number of benzene rings is 1. The molecule has 1 aromatic carbocycles. The van der Waals surface area contributed by atoms with Crippen LogP contribution in [-0.4, -0.2) is 38.2 Å². The Bertz CT molecular complexity index is 544. The molecule has 1 amide bonds.